The molecule has 0 spiro atoms. The largest absolute Gasteiger partial charge is 0.439 e. The van der Waals surface area contributed by atoms with Gasteiger partial charge in [-0.05, 0) is 48.0 Å². The second kappa shape index (κ2) is 9.62. The zero-order valence-electron chi connectivity index (χ0n) is 17.7. The maximum Gasteiger partial charge on any atom is 0.277 e. The standard InChI is InChI=1S/C24H22ClN5O2/c1-16(2)22-23(31)30(15-17-6-8-18(25)9-7-17)24(29-28-22)27-19-10-12-20(13-11-19)32-21-5-3-4-14-26-21/h3-14,16H,15H2,1-2H3,(H,27,29). The SMILES string of the molecule is CC(C)c1n[nH]/c(=N\c2ccc(Oc3ccccn3)cc2)n(Cc2ccc(Cl)cc2)c1=O. The van der Waals surface area contributed by atoms with E-state index in [0.717, 1.165) is 5.56 Å². The molecule has 2 aromatic carbocycles. The molecule has 4 aromatic rings. The van der Waals surface area contributed by atoms with Gasteiger partial charge in [0.25, 0.3) is 5.56 Å². The topological polar surface area (TPSA) is 85.2 Å². The highest BCUT2D eigenvalue weighted by atomic mass is 35.5. The number of halogens is 1. The highest BCUT2D eigenvalue weighted by Crippen LogP contribution is 2.22. The molecule has 0 saturated heterocycles. The summed E-state index contributed by atoms with van der Waals surface area (Å²) in [5.41, 5.74) is 2.21. The van der Waals surface area contributed by atoms with E-state index in [2.05, 4.69) is 20.2 Å². The fourth-order valence-corrected chi connectivity index (χ4v) is 3.20. The lowest BCUT2D eigenvalue weighted by atomic mass is 10.1. The van der Waals surface area contributed by atoms with Gasteiger partial charge in [0, 0.05) is 23.2 Å². The number of benzene rings is 2. The van der Waals surface area contributed by atoms with Crippen LogP contribution in [-0.2, 0) is 6.54 Å². The summed E-state index contributed by atoms with van der Waals surface area (Å²) in [5, 5.41) is 7.84. The van der Waals surface area contributed by atoms with E-state index in [9.17, 15) is 4.79 Å². The van der Waals surface area contributed by atoms with Crippen LogP contribution in [0, 0.1) is 0 Å². The highest BCUT2D eigenvalue weighted by Gasteiger charge is 2.12. The molecule has 0 atom stereocenters. The van der Waals surface area contributed by atoms with E-state index in [-0.39, 0.29) is 11.5 Å². The molecule has 0 aliphatic rings. The van der Waals surface area contributed by atoms with Gasteiger partial charge in [-0.1, -0.05) is 43.6 Å². The number of ether oxygens (including phenoxy) is 1. The van der Waals surface area contributed by atoms with Crippen molar-refractivity contribution < 1.29 is 4.74 Å². The van der Waals surface area contributed by atoms with Gasteiger partial charge in [0.05, 0.1) is 12.2 Å². The molecule has 32 heavy (non-hydrogen) atoms. The minimum absolute atomic E-state index is 0.0210. The lowest BCUT2D eigenvalue weighted by Gasteiger charge is -2.11. The Morgan fingerprint density at radius 1 is 1.06 bits per heavy atom. The van der Waals surface area contributed by atoms with Crippen LogP contribution in [-0.4, -0.2) is 19.7 Å². The number of pyridine rings is 1. The van der Waals surface area contributed by atoms with E-state index in [0.29, 0.717) is 40.2 Å². The summed E-state index contributed by atoms with van der Waals surface area (Å²) in [7, 11) is 0. The van der Waals surface area contributed by atoms with Crippen molar-refractivity contribution in [1.29, 1.82) is 0 Å². The van der Waals surface area contributed by atoms with E-state index < -0.39 is 0 Å². The minimum atomic E-state index is -0.178. The fraction of sp³-hybridized carbons (Fsp3) is 0.167. The molecule has 162 valence electrons. The van der Waals surface area contributed by atoms with Gasteiger partial charge in [0.15, 0.2) is 0 Å². The molecule has 1 N–H and O–H groups in total. The summed E-state index contributed by atoms with van der Waals surface area (Å²) in [5.74, 6) is 1.13. The van der Waals surface area contributed by atoms with E-state index in [1.165, 1.54) is 0 Å². The van der Waals surface area contributed by atoms with Gasteiger partial charge in [-0.25, -0.2) is 15.1 Å². The average Bonchev–Trinajstić information content (AvgIpc) is 2.79. The van der Waals surface area contributed by atoms with E-state index >= 15 is 0 Å². The normalized spacial score (nSPS) is 11.7. The number of rotatable bonds is 6. The lowest BCUT2D eigenvalue weighted by Crippen LogP contribution is -2.39. The predicted molar refractivity (Wildman–Crippen MR) is 123 cm³/mol. The van der Waals surface area contributed by atoms with Crippen LogP contribution in [0.1, 0.15) is 31.0 Å². The van der Waals surface area contributed by atoms with Gasteiger partial charge in [0.1, 0.15) is 11.4 Å². The van der Waals surface area contributed by atoms with Crippen LogP contribution in [0.25, 0.3) is 0 Å². The van der Waals surface area contributed by atoms with Gasteiger partial charge >= 0.3 is 0 Å². The molecule has 0 amide bonds. The number of H-pyrrole nitrogens is 1. The first kappa shape index (κ1) is 21.5. The lowest BCUT2D eigenvalue weighted by molar-refractivity contribution is 0.463. The van der Waals surface area contributed by atoms with Crippen molar-refractivity contribution in [3.8, 4) is 11.6 Å². The Bertz CT molecular complexity index is 1310. The van der Waals surface area contributed by atoms with E-state index in [1.807, 2.05) is 38.1 Å². The van der Waals surface area contributed by atoms with Crippen molar-refractivity contribution in [2.75, 3.05) is 0 Å². The van der Waals surface area contributed by atoms with Gasteiger partial charge in [0.2, 0.25) is 11.5 Å². The summed E-state index contributed by atoms with van der Waals surface area (Å²) in [6.45, 7) is 4.21. The molecule has 0 bridgehead atoms. The first-order valence-electron chi connectivity index (χ1n) is 10.2. The van der Waals surface area contributed by atoms with Crippen molar-refractivity contribution >= 4 is 17.3 Å². The summed E-state index contributed by atoms with van der Waals surface area (Å²) in [6, 6.07) is 20.0. The van der Waals surface area contributed by atoms with Crippen molar-refractivity contribution in [2.24, 2.45) is 4.99 Å². The van der Waals surface area contributed by atoms with Crippen molar-refractivity contribution in [3.05, 3.63) is 105 Å². The van der Waals surface area contributed by atoms with Crippen LogP contribution in [0.4, 0.5) is 5.69 Å². The molecule has 2 heterocycles. The molecular formula is C24H22ClN5O2. The second-order valence-corrected chi connectivity index (χ2v) is 7.92. The molecule has 7 nitrogen and oxygen atoms in total. The molecule has 0 fully saturated rings. The van der Waals surface area contributed by atoms with Crippen LogP contribution in [0.15, 0.2) is 82.7 Å². The van der Waals surface area contributed by atoms with Crippen LogP contribution < -0.4 is 15.9 Å². The maximum absolute atomic E-state index is 13.1. The molecule has 8 heteroatoms. The number of hydrogen-bond donors (Lipinski definition) is 1. The zero-order chi connectivity index (χ0) is 22.5. The molecule has 0 aliphatic carbocycles. The van der Waals surface area contributed by atoms with E-state index in [1.54, 1.807) is 53.2 Å². The number of aromatic amines is 1. The quantitative estimate of drug-likeness (QED) is 0.459. The summed E-state index contributed by atoms with van der Waals surface area (Å²) in [4.78, 5) is 21.9. The molecule has 2 aromatic heterocycles. The second-order valence-electron chi connectivity index (χ2n) is 7.48. The van der Waals surface area contributed by atoms with Gasteiger partial charge < -0.3 is 4.74 Å². The van der Waals surface area contributed by atoms with Gasteiger partial charge in [-0.2, -0.15) is 5.10 Å². The molecular weight excluding hydrogens is 426 g/mol. The molecule has 4 rings (SSSR count). The van der Waals surface area contributed by atoms with Gasteiger partial charge in [-0.15, -0.1) is 0 Å². The van der Waals surface area contributed by atoms with E-state index in [4.69, 9.17) is 16.3 Å². The Morgan fingerprint density at radius 3 is 2.47 bits per heavy atom. The molecule has 0 unspecified atom stereocenters. The highest BCUT2D eigenvalue weighted by molar-refractivity contribution is 6.30. The van der Waals surface area contributed by atoms with Gasteiger partial charge in [-0.3, -0.25) is 9.36 Å². The third kappa shape index (κ3) is 5.12. The van der Waals surface area contributed by atoms with Crippen LogP contribution in [0.2, 0.25) is 5.02 Å². The number of aromatic nitrogens is 4. The Kier molecular flexibility index (Phi) is 6.47. The molecule has 0 saturated carbocycles. The fourth-order valence-electron chi connectivity index (χ4n) is 3.07. The number of nitrogens with zero attached hydrogens (tertiary/aromatic N) is 4. The zero-order valence-corrected chi connectivity index (χ0v) is 18.5. The first-order valence-corrected chi connectivity index (χ1v) is 10.5. The smallest absolute Gasteiger partial charge is 0.277 e. The van der Waals surface area contributed by atoms with Crippen molar-refractivity contribution in [2.45, 2.75) is 26.3 Å². The maximum atomic E-state index is 13.1. The predicted octanol–water partition coefficient (Wildman–Crippen LogP) is 4.82. The minimum Gasteiger partial charge on any atom is -0.439 e. The monoisotopic (exact) mass is 447 g/mol. The Labute approximate surface area is 190 Å². The molecule has 0 aliphatic heterocycles. The van der Waals surface area contributed by atoms with Crippen LogP contribution in [0.3, 0.4) is 0 Å². The molecule has 0 radical (unpaired) electrons. The van der Waals surface area contributed by atoms with Crippen LogP contribution >= 0.6 is 11.6 Å². The summed E-state index contributed by atoms with van der Waals surface area (Å²) in [6.07, 6.45) is 1.67. The van der Waals surface area contributed by atoms with Crippen molar-refractivity contribution in [1.82, 2.24) is 19.7 Å². The average molecular weight is 448 g/mol. The Balaban J connectivity index is 1.69. The number of nitrogens with one attached hydrogen (secondary N) is 1. The first-order chi connectivity index (χ1) is 15.5. The van der Waals surface area contributed by atoms with Crippen LogP contribution in [0.5, 0.6) is 11.6 Å². The third-order valence-electron chi connectivity index (χ3n) is 4.73. The Morgan fingerprint density at radius 2 is 1.81 bits per heavy atom. The summed E-state index contributed by atoms with van der Waals surface area (Å²) < 4.78 is 7.31. The summed E-state index contributed by atoms with van der Waals surface area (Å²) >= 11 is 6.00. The number of hydrogen-bond acceptors (Lipinski definition) is 5. The van der Waals surface area contributed by atoms with Crippen molar-refractivity contribution in [3.63, 3.8) is 0 Å². The Hall–Kier alpha value is -3.71. The third-order valence-corrected chi connectivity index (χ3v) is 4.98.